The Balaban J connectivity index is 1.95. The summed E-state index contributed by atoms with van der Waals surface area (Å²) in [4.78, 5) is 18.2. The maximum absolute atomic E-state index is 11.6. The monoisotopic (exact) mass is 274 g/mol. The molecule has 1 aliphatic heterocycles. The van der Waals surface area contributed by atoms with E-state index in [1.807, 2.05) is 25.3 Å². The largest absolute Gasteiger partial charge is 0.480 e. The molecule has 4 nitrogen and oxygen atoms in total. The van der Waals surface area contributed by atoms with Crippen molar-refractivity contribution in [2.24, 2.45) is 5.92 Å². The van der Waals surface area contributed by atoms with Crippen molar-refractivity contribution in [3.8, 4) is 0 Å². The molecule has 2 fully saturated rings. The highest BCUT2D eigenvalue weighted by atomic mass is 16.4. The minimum absolute atomic E-state index is 0.355. The fourth-order valence-electron chi connectivity index (χ4n) is 3.82. The van der Waals surface area contributed by atoms with Crippen LogP contribution in [0.5, 0.6) is 0 Å². The van der Waals surface area contributed by atoms with Crippen molar-refractivity contribution in [3.63, 3.8) is 0 Å². The number of aliphatic carboxylic acids is 1. The van der Waals surface area contributed by atoms with Crippen molar-refractivity contribution in [3.05, 3.63) is 23.9 Å². The molecule has 1 saturated carbocycles. The quantitative estimate of drug-likeness (QED) is 0.900. The molecule has 2 heterocycles. The van der Waals surface area contributed by atoms with Crippen molar-refractivity contribution in [1.82, 2.24) is 4.98 Å². The summed E-state index contributed by atoms with van der Waals surface area (Å²) >= 11 is 0. The van der Waals surface area contributed by atoms with Crippen LogP contribution in [0.25, 0.3) is 0 Å². The molecule has 1 aromatic heterocycles. The second kappa shape index (κ2) is 5.43. The molecule has 0 spiro atoms. The molecular weight excluding hydrogens is 252 g/mol. The predicted octanol–water partition coefficient (Wildman–Crippen LogP) is 3.00. The number of aromatic nitrogens is 1. The predicted molar refractivity (Wildman–Crippen MR) is 77.9 cm³/mol. The summed E-state index contributed by atoms with van der Waals surface area (Å²) in [5.41, 5.74) is 1.11. The van der Waals surface area contributed by atoms with E-state index in [4.69, 9.17) is 0 Å². The number of carbonyl (C=O) groups is 1. The first kappa shape index (κ1) is 13.4. The van der Waals surface area contributed by atoms with E-state index in [1.54, 1.807) is 0 Å². The highest BCUT2D eigenvalue weighted by Gasteiger charge is 2.41. The van der Waals surface area contributed by atoms with Crippen molar-refractivity contribution in [1.29, 1.82) is 0 Å². The number of fused-ring (bicyclic) bond motifs is 1. The van der Waals surface area contributed by atoms with Gasteiger partial charge in [-0.2, -0.15) is 0 Å². The minimum atomic E-state index is -0.712. The van der Waals surface area contributed by atoms with Crippen LogP contribution in [0.15, 0.2) is 18.3 Å². The van der Waals surface area contributed by atoms with Gasteiger partial charge in [0.2, 0.25) is 0 Å². The Kier molecular flexibility index (Phi) is 3.64. The third-order valence-corrected chi connectivity index (χ3v) is 4.82. The molecule has 1 saturated heterocycles. The van der Waals surface area contributed by atoms with Crippen LogP contribution in [0.1, 0.15) is 44.1 Å². The summed E-state index contributed by atoms with van der Waals surface area (Å²) in [5, 5.41) is 9.55. The second-order valence-electron chi connectivity index (χ2n) is 6.14. The summed E-state index contributed by atoms with van der Waals surface area (Å²) in [6, 6.07) is 3.94. The van der Waals surface area contributed by atoms with E-state index in [0.717, 1.165) is 30.6 Å². The third-order valence-electron chi connectivity index (χ3n) is 4.82. The average molecular weight is 274 g/mol. The van der Waals surface area contributed by atoms with Crippen molar-refractivity contribution in [2.75, 3.05) is 4.90 Å². The van der Waals surface area contributed by atoms with Gasteiger partial charge in [0.1, 0.15) is 11.9 Å². The Morgan fingerprint density at radius 1 is 1.25 bits per heavy atom. The van der Waals surface area contributed by atoms with Gasteiger partial charge in [-0.05, 0) is 50.2 Å². The van der Waals surface area contributed by atoms with E-state index < -0.39 is 12.0 Å². The second-order valence-corrected chi connectivity index (χ2v) is 6.14. The van der Waals surface area contributed by atoms with Gasteiger partial charge < -0.3 is 10.0 Å². The zero-order valence-electron chi connectivity index (χ0n) is 12.0. The van der Waals surface area contributed by atoms with Crippen LogP contribution in [0.4, 0.5) is 5.82 Å². The molecule has 108 valence electrons. The molecular formula is C16H22N2O2. The van der Waals surface area contributed by atoms with Gasteiger partial charge in [-0.1, -0.05) is 18.9 Å². The number of hydrogen-bond donors (Lipinski definition) is 1. The lowest BCUT2D eigenvalue weighted by Crippen LogP contribution is -2.55. The maximum atomic E-state index is 11.6. The Morgan fingerprint density at radius 3 is 2.75 bits per heavy atom. The molecule has 2 aliphatic rings. The fourth-order valence-corrected chi connectivity index (χ4v) is 3.82. The van der Waals surface area contributed by atoms with Crippen LogP contribution < -0.4 is 4.90 Å². The molecule has 3 unspecified atom stereocenters. The molecule has 3 rings (SSSR count). The third kappa shape index (κ3) is 2.39. The standard InChI is InChI=1S/C16H22N2O2/c1-11-6-9-15(17-10-11)18-13-5-3-2-4-12(13)7-8-14(18)16(19)20/h6,9-10,12-14H,2-5,7-8H2,1H3,(H,19,20). The highest BCUT2D eigenvalue weighted by molar-refractivity contribution is 5.78. The van der Waals surface area contributed by atoms with Gasteiger partial charge in [0.15, 0.2) is 0 Å². The Bertz CT molecular complexity index is 486. The summed E-state index contributed by atoms with van der Waals surface area (Å²) in [6.45, 7) is 2.01. The molecule has 4 heteroatoms. The van der Waals surface area contributed by atoms with Crippen LogP contribution in [0.3, 0.4) is 0 Å². The molecule has 20 heavy (non-hydrogen) atoms. The molecule has 1 aliphatic carbocycles. The number of hydrogen-bond acceptors (Lipinski definition) is 3. The van der Waals surface area contributed by atoms with E-state index in [1.165, 1.54) is 19.3 Å². The van der Waals surface area contributed by atoms with Crippen molar-refractivity contribution >= 4 is 11.8 Å². The van der Waals surface area contributed by atoms with E-state index in [0.29, 0.717) is 12.0 Å². The Hall–Kier alpha value is -1.58. The zero-order chi connectivity index (χ0) is 14.1. The smallest absolute Gasteiger partial charge is 0.326 e. The van der Waals surface area contributed by atoms with Crippen LogP contribution >= 0.6 is 0 Å². The van der Waals surface area contributed by atoms with E-state index in [9.17, 15) is 9.90 Å². The number of piperidine rings is 1. The first-order valence-corrected chi connectivity index (χ1v) is 7.60. The van der Waals surface area contributed by atoms with Gasteiger partial charge in [-0.25, -0.2) is 9.78 Å². The van der Waals surface area contributed by atoms with Crippen LogP contribution in [-0.2, 0) is 4.79 Å². The van der Waals surface area contributed by atoms with Crippen LogP contribution in [0, 0.1) is 12.8 Å². The van der Waals surface area contributed by atoms with Crippen LogP contribution in [-0.4, -0.2) is 28.1 Å². The number of pyridine rings is 1. The van der Waals surface area contributed by atoms with Gasteiger partial charge in [0.25, 0.3) is 0 Å². The fraction of sp³-hybridized carbons (Fsp3) is 0.625. The minimum Gasteiger partial charge on any atom is -0.480 e. The van der Waals surface area contributed by atoms with E-state index in [2.05, 4.69) is 9.88 Å². The summed E-state index contributed by atoms with van der Waals surface area (Å²) in [7, 11) is 0. The summed E-state index contributed by atoms with van der Waals surface area (Å²) in [5.74, 6) is 0.762. The van der Waals surface area contributed by atoms with Gasteiger partial charge >= 0.3 is 5.97 Å². The SMILES string of the molecule is Cc1ccc(N2C(C(=O)O)CCC3CCCCC32)nc1. The number of carboxylic acid groups (broad SMARTS) is 1. The number of nitrogens with zero attached hydrogens (tertiary/aromatic N) is 2. The lowest BCUT2D eigenvalue weighted by molar-refractivity contribution is -0.139. The molecule has 0 amide bonds. The Labute approximate surface area is 119 Å². The van der Waals surface area contributed by atoms with E-state index in [-0.39, 0.29) is 0 Å². The van der Waals surface area contributed by atoms with Crippen molar-refractivity contribution in [2.45, 2.75) is 57.5 Å². The molecule has 3 atom stereocenters. The zero-order valence-corrected chi connectivity index (χ0v) is 12.0. The lowest BCUT2D eigenvalue weighted by atomic mass is 9.76. The summed E-state index contributed by atoms with van der Waals surface area (Å²) < 4.78 is 0. The first-order valence-electron chi connectivity index (χ1n) is 7.60. The molecule has 0 aromatic carbocycles. The average Bonchev–Trinajstić information content (AvgIpc) is 2.47. The molecule has 1 N–H and O–H groups in total. The normalized spacial score (nSPS) is 29.9. The highest BCUT2D eigenvalue weighted by Crippen LogP contribution is 2.39. The molecule has 0 radical (unpaired) electrons. The topological polar surface area (TPSA) is 53.4 Å². The number of carboxylic acids is 1. The van der Waals surface area contributed by atoms with Gasteiger partial charge in [0, 0.05) is 12.2 Å². The summed E-state index contributed by atoms with van der Waals surface area (Å²) in [6.07, 6.45) is 8.45. The maximum Gasteiger partial charge on any atom is 0.326 e. The molecule has 1 aromatic rings. The van der Waals surface area contributed by atoms with Gasteiger partial charge in [-0.3, -0.25) is 0 Å². The van der Waals surface area contributed by atoms with Crippen LogP contribution in [0.2, 0.25) is 0 Å². The van der Waals surface area contributed by atoms with Gasteiger partial charge in [0.05, 0.1) is 0 Å². The van der Waals surface area contributed by atoms with Gasteiger partial charge in [-0.15, -0.1) is 0 Å². The molecule has 0 bridgehead atoms. The van der Waals surface area contributed by atoms with Crippen molar-refractivity contribution < 1.29 is 9.90 Å². The number of anilines is 1. The lowest BCUT2D eigenvalue weighted by Gasteiger charge is -2.47. The number of aryl methyl sites for hydroxylation is 1. The number of rotatable bonds is 2. The Morgan fingerprint density at radius 2 is 2.05 bits per heavy atom. The first-order chi connectivity index (χ1) is 9.66. The van der Waals surface area contributed by atoms with E-state index >= 15 is 0 Å².